The first-order chi connectivity index (χ1) is 12.0. The third-order valence-corrected chi connectivity index (χ3v) is 3.78. The molecule has 0 spiro atoms. The third-order valence-electron chi connectivity index (χ3n) is 3.78. The molecule has 0 aliphatic carbocycles. The van der Waals surface area contributed by atoms with E-state index in [1.807, 2.05) is 4.90 Å². The van der Waals surface area contributed by atoms with Crippen LogP contribution >= 0.6 is 0 Å². The van der Waals surface area contributed by atoms with Gasteiger partial charge in [0.2, 0.25) is 0 Å². The lowest BCUT2D eigenvalue weighted by atomic mass is 10.2. The predicted octanol–water partition coefficient (Wildman–Crippen LogP) is 2.13. The van der Waals surface area contributed by atoms with Crippen LogP contribution in [0.2, 0.25) is 0 Å². The van der Waals surface area contributed by atoms with Gasteiger partial charge >= 0.3 is 12.1 Å². The monoisotopic (exact) mass is 350 g/mol. The molecule has 1 aromatic heterocycles. The molecule has 0 atom stereocenters. The van der Waals surface area contributed by atoms with E-state index < -0.39 is 17.7 Å². The second-order valence-corrected chi connectivity index (χ2v) is 5.52. The van der Waals surface area contributed by atoms with Crippen LogP contribution in [0.1, 0.15) is 5.56 Å². The molecule has 1 N–H and O–H groups in total. The molecule has 2 aromatic rings. The Morgan fingerprint density at radius 2 is 1.84 bits per heavy atom. The maximum Gasteiger partial charge on any atom is 0.407 e. The van der Waals surface area contributed by atoms with E-state index in [0.717, 1.165) is 6.07 Å². The lowest BCUT2D eigenvalue weighted by Gasteiger charge is -2.33. The number of amides is 1. The summed E-state index contributed by atoms with van der Waals surface area (Å²) in [6.45, 7) is 1.73. The van der Waals surface area contributed by atoms with Crippen molar-refractivity contribution in [3.05, 3.63) is 47.7 Å². The molecule has 0 saturated carbocycles. The van der Waals surface area contributed by atoms with Gasteiger partial charge in [-0.15, -0.1) is 0 Å². The van der Waals surface area contributed by atoms with E-state index in [2.05, 4.69) is 9.97 Å². The van der Waals surface area contributed by atoms with E-state index in [4.69, 9.17) is 9.84 Å². The van der Waals surface area contributed by atoms with Crippen LogP contribution in [-0.2, 0) is 6.61 Å². The summed E-state index contributed by atoms with van der Waals surface area (Å²) in [5, 5.41) is 8.96. The fraction of sp³-hybridized carbons (Fsp3) is 0.312. The fourth-order valence-corrected chi connectivity index (χ4v) is 2.55. The molecule has 132 valence electrons. The van der Waals surface area contributed by atoms with Crippen LogP contribution in [0.15, 0.2) is 30.5 Å². The molecule has 1 amide bonds. The van der Waals surface area contributed by atoms with Crippen molar-refractivity contribution in [3.8, 4) is 6.01 Å². The lowest BCUT2D eigenvalue weighted by molar-refractivity contribution is 0.142. The minimum Gasteiger partial charge on any atom is -0.465 e. The highest BCUT2D eigenvalue weighted by Crippen LogP contribution is 2.17. The normalized spacial score (nSPS) is 14.5. The highest BCUT2D eigenvalue weighted by Gasteiger charge is 2.21. The Morgan fingerprint density at radius 3 is 2.48 bits per heavy atom. The topological polar surface area (TPSA) is 78.8 Å². The van der Waals surface area contributed by atoms with E-state index in [0.29, 0.717) is 37.6 Å². The minimum absolute atomic E-state index is 0.0646. The van der Waals surface area contributed by atoms with E-state index in [9.17, 15) is 13.6 Å². The number of halogens is 2. The minimum atomic E-state index is -0.936. The number of rotatable bonds is 4. The Balaban J connectivity index is 1.63. The summed E-state index contributed by atoms with van der Waals surface area (Å²) < 4.78 is 31.7. The summed E-state index contributed by atoms with van der Waals surface area (Å²) in [5.74, 6) is -0.741. The third kappa shape index (κ3) is 4.31. The van der Waals surface area contributed by atoms with Gasteiger partial charge in [-0.1, -0.05) is 0 Å². The van der Waals surface area contributed by atoms with Crippen LogP contribution in [0, 0.1) is 11.6 Å². The van der Waals surface area contributed by atoms with Gasteiger partial charge in [0.15, 0.2) is 0 Å². The van der Waals surface area contributed by atoms with E-state index in [1.54, 1.807) is 6.07 Å². The van der Waals surface area contributed by atoms with Crippen LogP contribution in [0.3, 0.4) is 0 Å². The first-order valence-corrected chi connectivity index (χ1v) is 7.65. The molecule has 25 heavy (non-hydrogen) atoms. The number of hydrogen-bond acceptors (Lipinski definition) is 5. The predicted molar refractivity (Wildman–Crippen MR) is 84.5 cm³/mol. The number of anilines is 1. The molecule has 1 fully saturated rings. The number of aromatic nitrogens is 2. The van der Waals surface area contributed by atoms with Crippen LogP contribution in [0.4, 0.5) is 19.4 Å². The molecule has 1 aliphatic rings. The lowest BCUT2D eigenvalue weighted by Crippen LogP contribution is -2.48. The van der Waals surface area contributed by atoms with E-state index in [1.165, 1.54) is 23.2 Å². The number of benzene rings is 1. The second kappa shape index (κ2) is 7.29. The van der Waals surface area contributed by atoms with Gasteiger partial charge in [-0.05, 0) is 23.8 Å². The van der Waals surface area contributed by atoms with Gasteiger partial charge in [-0.25, -0.2) is 18.6 Å². The molecule has 1 aliphatic heterocycles. The van der Waals surface area contributed by atoms with Crippen molar-refractivity contribution < 1.29 is 23.4 Å². The van der Waals surface area contributed by atoms with Gasteiger partial charge in [-0.3, -0.25) is 0 Å². The zero-order valence-corrected chi connectivity index (χ0v) is 13.2. The Bertz CT molecular complexity index is 747. The van der Waals surface area contributed by atoms with Gasteiger partial charge < -0.3 is 19.6 Å². The molecule has 0 unspecified atom stereocenters. The van der Waals surface area contributed by atoms with Gasteiger partial charge in [0, 0.05) is 38.4 Å². The maximum atomic E-state index is 13.2. The van der Waals surface area contributed by atoms with Crippen LogP contribution in [-0.4, -0.2) is 52.2 Å². The molecule has 0 radical (unpaired) electrons. The Morgan fingerprint density at radius 1 is 1.16 bits per heavy atom. The number of piperazine rings is 1. The summed E-state index contributed by atoms with van der Waals surface area (Å²) in [4.78, 5) is 22.4. The molecular formula is C16H16F2N4O3. The average molecular weight is 350 g/mol. The number of carboxylic acid groups (broad SMARTS) is 1. The van der Waals surface area contributed by atoms with E-state index >= 15 is 0 Å². The maximum absolute atomic E-state index is 13.2. The zero-order chi connectivity index (χ0) is 17.8. The van der Waals surface area contributed by atoms with Gasteiger partial charge in [0.25, 0.3) is 0 Å². The smallest absolute Gasteiger partial charge is 0.407 e. The van der Waals surface area contributed by atoms with Crippen LogP contribution in [0.5, 0.6) is 6.01 Å². The van der Waals surface area contributed by atoms with Crippen molar-refractivity contribution in [2.24, 2.45) is 0 Å². The zero-order valence-electron chi connectivity index (χ0n) is 13.2. The molecule has 2 heterocycles. The van der Waals surface area contributed by atoms with Crippen molar-refractivity contribution in [3.63, 3.8) is 0 Å². The summed E-state index contributed by atoms with van der Waals surface area (Å²) in [5.41, 5.74) is 0.335. The van der Waals surface area contributed by atoms with Crippen molar-refractivity contribution >= 4 is 11.9 Å². The number of carbonyl (C=O) groups is 1. The molecule has 3 rings (SSSR count). The number of ether oxygens (including phenoxy) is 1. The largest absolute Gasteiger partial charge is 0.465 e. The SMILES string of the molecule is O=C(O)N1CCN(c2ccnc(OCc3cc(F)cc(F)c3)n2)CC1. The summed E-state index contributed by atoms with van der Waals surface area (Å²) in [6, 6.07) is 4.93. The Hall–Kier alpha value is -2.97. The molecule has 9 heteroatoms. The fourth-order valence-electron chi connectivity index (χ4n) is 2.55. The number of hydrogen-bond donors (Lipinski definition) is 1. The van der Waals surface area contributed by atoms with Gasteiger partial charge in [-0.2, -0.15) is 4.98 Å². The molecular weight excluding hydrogens is 334 g/mol. The molecule has 1 aromatic carbocycles. The quantitative estimate of drug-likeness (QED) is 0.910. The highest BCUT2D eigenvalue weighted by molar-refractivity contribution is 5.65. The summed E-state index contributed by atoms with van der Waals surface area (Å²) in [6.07, 6.45) is 0.585. The van der Waals surface area contributed by atoms with Crippen molar-refractivity contribution in [2.75, 3.05) is 31.1 Å². The number of nitrogens with zero attached hydrogens (tertiary/aromatic N) is 4. The first-order valence-electron chi connectivity index (χ1n) is 7.65. The van der Waals surface area contributed by atoms with Gasteiger partial charge in [0.1, 0.15) is 24.1 Å². The molecule has 1 saturated heterocycles. The molecule has 7 nitrogen and oxygen atoms in total. The summed E-state index contributed by atoms with van der Waals surface area (Å²) >= 11 is 0. The average Bonchev–Trinajstić information content (AvgIpc) is 2.59. The van der Waals surface area contributed by atoms with Crippen LogP contribution in [0.25, 0.3) is 0 Å². The van der Waals surface area contributed by atoms with Crippen molar-refractivity contribution in [1.82, 2.24) is 14.9 Å². The second-order valence-electron chi connectivity index (χ2n) is 5.52. The van der Waals surface area contributed by atoms with Crippen molar-refractivity contribution in [2.45, 2.75) is 6.61 Å². The van der Waals surface area contributed by atoms with E-state index in [-0.39, 0.29) is 12.6 Å². The highest BCUT2D eigenvalue weighted by atomic mass is 19.1. The first kappa shape index (κ1) is 16.9. The Labute approximate surface area is 142 Å². The standard InChI is InChI=1S/C16H16F2N4O3/c17-12-7-11(8-13(18)9-12)10-25-15-19-2-1-14(20-15)21-3-5-22(6-4-21)16(23)24/h1-2,7-9H,3-6,10H2,(H,23,24). The van der Waals surface area contributed by atoms with Crippen LogP contribution < -0.4 is 9.64 Å². The van der Waals surface area contributed by atoms with Crippen molar-refractivity contribution in [1.29, 1.82) is 0 Å². The van der Waals surface area contributed by atoms with Gasteiger partial charge in [0.05, 0.1) is 0 Å². The summed E-state index contributed by atoms with van der Waals surface area (Å²) in [7, 11) is 0. The Kier molecular flexibility index (Phi) is 4.92. The molecule has 0 bridgehead atoms.